The van der Waals surface area contributed by atoms with E-state index in [9.17, 15) is 13.2 Å². The minimum absolute atomic E-state index is 0.0224. The second-order valence-corrected chi connectivity index (χ2v) is 9.75. The first kappa shape index (κ1) is 18.0. The summed E-state index contributed by atoms with van der Waals surface area (Å²) >= 11 is 5.55. The van der Waals surface area contributed by atoms with Crippen molar-refractivity contribution in [1.29, 1.82) is 0 Å². The second kappa shape index (κ2) is 6.86. The van der Waals surface area contributed by atoms with Crippen LogP contribution in [0.1, 0.15) is 27.9 Å². The van der Waals surface area contributed by atoms with Gasteiger partial charge in [0.2, 0.25) is 10.0 Å². The maximum Gasteiger partial charge on any atom is 0.243 e. The number of aryl methyl sites for hydroxylation is 1. The quantitative estimate of drug-likeness (QED) is 0.560. The zero-order valence-electron chi connectivity index (χ0n) is 12.9. The first-order chi connectivity index (χ1) is 11.3. The third kappa shape index (κ3) is 3.44. The molecule has 0 amide bonds. The Labute approximate surface area is 163 Å². The molecular formula is C17H15BrINO3S. The summed E-state index contributed by atoms with van der Waals surface area (Å²) in [5.41, 5.74) is 2.39. The average molecular weight is 520 g/mol. The molecule has 0 aliphatic carbocycles. The van der Waals surface area contributed by atoms with E-state index >= 15 is 0 Å². The molecule has 2 aromatic rings. The lowest BCUT2D eigenvalue weighted by Crippen LogP contribution is -2.31. The van der Waals surface area contributed by atoms with Gasteiger partial charge in [-0.2, -0.15) is 4.31 Å². The number of rotatable bonds is 2. The standard InChI is InChI=1S/C17H15BrINO3S/c1-11-2-4-13(5-3-11)24(22,23)20-7-6-17(21)14-8-12(18)9-16(19)15(14)10-20/h2-5,8-9H,6-7,10H2,1H3. The van der Waals surface area contributed by atoms with Gasteiger partial charge in [0.15, 0.2) is 5.78 Å². The Morgan fingerprint density at radius 1 is 1.17 bits per heavy atom. The predicted molar refractivity (Wildman–Crippen MR) is 105 cm³/mol. The van der Waals surface area contributed by atoms with Crippen LogP contribution in [0.2, 0.25) is 0 Å². The van der Waals surface area contributed by atoms with Gasteiger partial charge in [-0.15, -0.1) is 0 Å². The summed E-state index contributed by atoms with van der Waals surface area (Å²) in [5, 5.41) is 0. The van der Waals surface area contributed by atoms with Crippen molar-refractivity contribution < 1.29 is 13.2 Å². The zero-order valence-corrected chi connectivity index (χ0v) is 17.5. The van der Waals surface area contributed by atoms with Crippen LogP contribution in [0.15, 0.2) is 45.8 Å². The third-order valence-corrected chi connectivity index (χ3v) is 7.32. The van der Waals surface area contributed by atoms with E-state index in [1.54, 1.807) is 30.3 Å². The number of benzene rings is 2. The van der Waals surface area contributed by atoms with E-state index in [1.165, 1.54) is 4.31 Å². The van der Waals surface area contributed by atoms with Crippen molar-refractivity contribution in [1.82, 2.24) is 4.31 Å². The molecule has 24 heavy (non-hydrogen) atoms. The van der Waals surface area contributed by atoms with Crippen molar-refractivity contribution in [2.24, 2.45) is 0 Å². The number of hydrogen-bond donors (Lipinski definition) is 0. The molecule has 0 spiro atoms. The molecule has 0 saturated heterocycles. The molecule has 126 valence electrons. The molecule has 1 aliphatic heterocycles. The molecule has 1 heterocycles. The largest absolute Gasteiger partial charge is 0.294 e. The fraction of sp³-hybridized carbons (Fsp3) is 0.235. The molecule has 1 aliphatic rings. The van der Waals surface area contributed by atoms with E-state index in [1.807, 2.05) is 13.0 Å². The van der Waals surface area contributed by atoms with Crippen LogP contribution in [0.4, 0.5) is 0 Å². The predicted octanol–water partition coefficient (Wildman–Crippen LogP) is 4.14. The molecule has 0 fully saturated rings. The maximum absolute atomic E-state index is 12.9. The van der Waals surface area contributed by atoms with Gasteiger partial charge in [-0.1, -0.05) is 33.6 Å². The minimum Gasteiger partial charge on any atom is -0.294 e. The molecule has 0 radical (unpaired) electrons. The summed E-state index contributed by atoms with van der Waals surface area (Å²) in [5.74, 6) is -0.0224. The van der Waals surface area contributed by atoms with Crippen LogP contribution in [0.3, 0.4) is 0 Å². The lowest BCUT2D eigenvalue weighted by atomic mass is 10.0. The van der Waals surface area contributed by atoms with Crippen molar-refractivity contribution in [3.63, 3.8) is 0 Å². The molecule has 0 saturated carbocycles. The molecule has 0 aromatic heterocycles. The average Bonchev–Trinajstić information content (AvgIpc) is 2.68. The maximum atomic E-state index is 12.9. The smallest absolute Gasteiger partial charge is 0.243 e. The monoisotopic (exact) mass is 519 g/mol. The van der Waals surface area contributed by atoms with Crippen LogP contribution >= 0.6 is 38.5 Å². The van der Waals surface area contributed by atoms with Crippen LogP contribution in [0, 0.1) is 10.5 Å². The van der Waals surface area contributed by atoms with E-state index < -0.39 is 10.0 Å². The number of carbonyl (C=O) groups excluding carboxylic acids is 1. The highest BCUT2D eigenvalue weighted by atomic mass is 127. The molecule has 3 rings (SSSR count). The zero-order chi connectivity index (χ0) is 17.5. The van der Waals surface area contributed by atoms with Gasteiger partial charge in [-0.3, -0.25) is 4.79 Å². The minimum atomic E-state index is -3.63. The van der Waals surface area contributed by atoms with Gasteiger partial charge in [-0.25, -0.2) is 8.42 Å². The number of ketones is 1. The lowest BCUT2D eigenvalue weighted by Gasteiger charge is -2.21. The number of Topliss-reactive ketones (excluding diaryl/α,β-unsaturated/α-hetero) is 1. The first-order valence-electron chi connectivity index (χ1n) is 7.37. The second-order valence-electron chi connectivity index (χ2n) is 5.74. The van der Waals surface area contributed by atoms with Crippen LogP contribution < -0.4 is 0 Å². The molecule has 0 N–H and O–H groups in total. The topological polar surface area (TPSA) is 54.5 Å². The van der Waals surface area contributed by atoms with Crippen molar-refractivity contribution in [2.75, 3.05) is 6.54 Å². The van der Waals surface area contributed by atoms with Crippen LogP contribution in [0.25, 0.3) is 0 Å². The Kier molecular flexibility index (Phi) is 5.15. The Hall–Kier alpha value is -0.770. The van der Waals surface area contributed by atoms with Crippen molar-refractivity contribution in [3.8, 4) is 0 Å². The lowest BCUT2D eigenvalue weighted by molar-refractivity contribution is 0.0981. The van der Waals surface area contributed by atoms with Gasteiger partial charge in [0.05, 0.1) is 4.90 Å². The highest BCUT2D eigenvalue weighted by molar-refractivity contribution is 14.1. The van der Waals surface area contributed by atoms with Gasteiger partial charge in [0, 0.05) is 33.1 Å². The van der Waals surface area contributed by atoms with Crippen molar-refractivity contribution >= 4 is 54.3 Å². The number of sulfonamides is 1. The molecular weight excluding hydrogens is 505 g/mol. The number of halogens is 2. The van der Waals surface area contributed by atoms with Crippen molar-refractivity contribution in [2.45, 2.75) is 24.8 Å². The SMILES string of the molecule is Cc1ccc(S(=O)(=O)N2CCC(=O)c3cc(Br)cc(I)c3C2)cc1. The summed E-state index contributed by atoms with van der Waals surface area (Å²) < 4.78 is 29.0. The van der Waals surface area contributed by atoms with Gasteiger partial charge >= 0.3 is 0 Å². The van der Waals surface area contributed by atoms with E-state index in [2.05, 4.69) is 38.5 Å². The Morgan fingerprint density at radius 2 is 1.83 bits per heavy atom. The van der Waals surface area contributed by atoms with E-state index in [0.29, 0.717) is 5.56 Å². The molecule has 7 heteroatoms. The summed E-state index contributed by atoms with van der Waals surface area (Å²) in [7, 11) is -3.63. The molecule has 0 unspecified atom stereocenters. The summed E-state index contributed by atoms with van der Waals surface area (Å²) in [6.07, 6.45) is 0.185. The van der Waals surface area contributed by atoms with Gasteiger partial charge in [-0.05, 0) is 59.3 Å². The highest BCUT2D eigenvalue weighted by Crippen LogP contribution is 2.30. The van der Waals surface area contributed by atoms with Gasteiger partial charge in [0.25, 0.3) is 0 Å². The van der Waals surface area contributed by atoms with E-state index in [4.69, 9.17) is 0 Å². The number of nitrogens with zero attached hydrogens (tertiary/aromatic N) is 1. The van der Waals surface area contributed by atoms with E-state index in [-0.39, 0.29) is 30.2 Å². The third-order valence-electron chi connectivity index (χ3n) is 4.04. The molecule has 4 nitrogen and oxygen atoms in total. The summed E-state index contributed by atoms with van der Waals surface area (Å²) in [6.45, 7) is 2.32. The Balaban J connectivity index is 2.04. The number of hydrogen-bond acceptors (Lipinski definition) is 3. The Bertz CT molecular complexity index is 910. The number of carbonyl (C=O) groups is 1. The summed E-state index contributed by atoms with van der Waals surface area (Å²) in [4.78, 5) is 12.7. The molecule has 0 bridgehead atoms. The first-order valence-corrected chi connectivity index (χ1v) is 10.7. The normalized spacial score (nSPS) is 15.9. The molecule has 0 atom stereocenters. The van der Waals surface area contributed by atoms with Crippen LogP contribution in [0.5, 0.6) is 0 Å². The number of fused-ring (bicyclic) bond motifs is 1. The highest BCUT2D eigenvalue weighted by Gasteiger charge is 2.30. The van der Waals surface area contributed by atoms with Crippen LogP contribution in [-0.2, 0) is 16.6 Å². The van der Waals surface area contributed by atoms with Gasteiger partial charge < -0.3 is 0 Å². The van der Waals surface area contributed by atoms with Crippen molar-refractivity contribution in [3.05, 3.63) is 61.1 Å². The summed E-state index contributed by atoms with van der Waals surface area (Å²) in [6, 6.07) is 10.5. The van der Waals surface area contributed by atoms with Crippen LogP contribution in [-0.4, -0.2) is 25.1 Å². The fourth-order valence-electron chi connectivity index (χ4n) is 2.69. The fourth-order valence-corrected chi connectivity index (χ4v) is 5.79. The Morgan fingerprint density at radius 3 is 2.50 bits per heavy atom. The van der Waals surface area contributed by atoms with Gasteiger partial charge in [0.1, 0.15) is 0 Å². The van der Waals surface area contributed by atoms with E-state index in [0.717, 1.165) is 19.2 Å². The molecule has 2 aromatic carbocycles.